The summed E-state index contributed by atoms with van der Waals surface area (Å²) in [5.41, 5.74) is 31.2. The molecule has 0 aliphatic rings. The third-order valence-electron chi connectivity index (χ3n) is 7.84. The van der Waals surface area contributed by atoms with Gasteiger partial charge in [0, 0.05) is 70.6 Å². The first-order valence-electron chi connectivity index (χ1n) is 17.6. The summed E-state index contributed by atoms with van der Waals surface area (Å²) in [4.78, 5) is 0. The SMILES string of the molecule is C#CC#CC#C[PH+](C#CC#CC#C)c1cc(C)ccc1C(S)c1ccc(C)cc1[PH+](C#CC#CC#C)C#CC#CC#C.NC(c1ccccc1)C(N)c1ccccc1.[Cl][Ru+2][Cl]. The molecule has 0 bridgehead atoms. The molecule has 0 aliphatic heterocycles. The van der Waals surface area contributed by atoms with E-state index < -0.39 is 15.8 Å². The van der Waals surface area contributed by atoms with Gasteiger partial charge in [0.15, 0.2) is 15.8 Å². The molecule has 0 amide bonds. The topological polar surface area (TPSA) is 52.0 Å². The standard InChI is InChI=1S/C39H18P2S.C14H16N2.2ClH.Ru/c1-7-11-15-19-27-40(28-20-16-12-8-2)37-31-33(5)23-25-35(37)39(42)36-26-24-34(6)32-38(36)41(29-21-17-13-9-3)30-22-18-14-10-4;15-13(11-7-3-1-4-8-11)14(16)12-9-5-2-6-10-12;;;/h1-4,23-26,31-32,39,42H,5-6H3;1-10,13-14H,15-16H2;2*1H;/q;;;;+4. The molecule has 0 aliphatic carbocycles. The molecule has 61 heavy (non-hydrogen) atoms. The van der Waals surface area contributed by atoms with Crippen LogP contribution in [0.15, 0.2) is 97.1 Å². The molecule has 2 atom stereocenters. The zero-order valence-electron chi connectivity index (χ0n) is 33.0. The van der Waals surface area contributed by atoms with E-state index >= 15 is 0 Å². The first-order chi connectivity index (χ1) is 29.7. The van der Waals surface area contributed by atoms with Crippen molar-refractivity contribution in [1.82, 2.24) is 0 Å². The van der Waals surface area contributed by atoms with Crippen molar-refractivity contribution in [2.24, 2.45) is 11.5 Å². The number of hydrogen-bond donors (Lipinski definition) is 3. The third-order valence-corrected chi connectivity index (χ3v) is 11.8. The zero-order valence-corrected chi connectivity index (χ0v) is 39.1. The van der Waals surface area contributed by atoms with Gasteiger partial charge in [-0.25, -0.2) is 0 Å². The van der Waals surface area contributed by atoms with Crippen LogP contribution in [0.3, 0.4) is 0 Å². The predicted molar refractivity (Wildman–Crippen MR) is 265 cm³/mol. The summed E-state index contributed by atoms with van der Waals surface area (Å²) in [6.07, 6.45) is 21.0. The van der Waals surface area contributed by atoms with Gasteiger partial charge in [0.25, 0.3) is 0 Å². The number of rotatable bonds is 7. The van der Waals surface area contributed by atoms with E-state index in [1.165, 1.54) is 0 Å². The molecule has 0 saturated heterocycles. The van der Waals surface area contributed by atoms with Crippen LogP contribution in [-0.4, -0.2) is 0 Å². The fraction of sp³-hybridized carbons (Fsp3) is 0.0943. The van der Waals surface area contributed by atoms with Crippen molar-refractivity contribution in [2.75, 3.05) is 0 Å². The van der Waals surface area contributed by atoms with Crippen molar-refractivity contribution in [3.63, 3.8) is 0 Å². The van der Waals surface area contributed by atoms with Gasteiger partial charge in [-0.3, -0.25) is 0 Å². The number of thiol groups is 1. The van der Waals surface area contributed by atoms with E-state index in [0.29, 0.717) is 0 Å². The number of hydrogen-bond acceptors (Lipinski definition) is 3. The van der Waals surface area contributed by atoms with Gasteiger partial charge in [0.2, 0.25) is 0 Å². The molecule has 4 N–H and O–H groups in total. The Kier molecular flexibility index (Phi) is 25.9. The number of benzene rings is 4. The van der Waals surface area contributed by atoms with Gasteiger partial charge in [-0.15, -0.1) is 25.7 Å². The molecule has 4 aromatic rings. The predicted octanol–water partition coefficient (Wildman–Crippen LogP) is 8.15. The van der Waals surface area contributed by atoms with Crippen LogP contribution in [0.4, 0.5) is 0 Å². The minimum absolute atomic E-state index is 0.163. The molecule has 0 fully saturated rings. The Labute approximate surface area is 386 Å². The van der Waals surface area contributed by atoms with Crippen LogP contribution in [-0.2, 0) is 15.1 Å². The summed E-state index contributed by atoms with van der Waals surface area (Å²) in [6.45, 7) is 4.02. The first kappa shape index (κ1) is 51.1. The molecule has 2 unspecified atom stereocenters. The van der Waals surface area contributed by atoms with Crippen molar-refractivity contribution in [1.29, 1.82) is 0 Å². The Morgan fingerprint density at radius 2 is 0.787 bits per heavy atom. The van der Waals surface area contributed by atoms with Gasteiger partial charge in [-0.2, -0.15) is 12.6 Å². The molecule has 4 rings (SSSR count). The number of terminal acetylenes is 4. The second kappa shape index (κ2) is 30.9. The normalized spacial score (nSPS) is 9.48. The van der Waals surface area contributed by atoms with Crippen LogP contribution in [0, 0.1) is 157 Å². The van der Waals surface area contributed by atoms with Crippen molar-refractivity contribution < 1.29 is 15.1 Å². The molecule has 0 spiro atoms. The Bertz CT molecular complexity index is 2550. The molecule has 0 heterocycles. The van der Waals surface area contributed by atoms with Crippen LogP contribution in [0.1, 0.15) is 50.7 Å². The Morgan fingerprint density at radius 3 is 1.07 bits per heavy atom. The van der Waals surface area contributed by atoms with E-state index in [9.17, 15) is 0 Å². The fourth-order valence-corrected chi connectivity index (χ4v) is 9.04. The Balaban J connectivity index is 0.000000553. The second-order valence-corrected chi connectivity index (χ2v) is 18.6. The van der Waals surface area contributed by atoms with E-state index in [0.717, 1.165) is 44.0 Å². The van der Waals surface area contributed by atoms with Crippen LogP contribution >= 0.6 is 47.9 Å². The number of nitrogens with two attached hydrogens (primary N) is 2. The summed E-state index contributed by atoms with van der Waals surface area (Å²) >= 11 is 4.78. The molecular weight excluding hydrogens is 931 g/mol. The summed E-state index contributed by atoms with van der Waals surface area (Å²) in [5, 5.41) is 1.56. The maximum absolute atomic E-state index is 6.15. The molecule has 292 valence electrons. The van der Waals surface area contributed by atoms with Crippen molar-refractivity contribution in [2.45, 2.75) is 31.2 Å². The summed E-state index contributed by atoms with van der Waals surface area (Å²) < 4.78 is 0. The molecule has 2 nitrogen and oxygen atoms in total. The summed E-state index contributed by atoms with van der Waals surface area (Å²) in [6, 6.07) is 31.9. The van der Waals surface area contributed by atoms with E-state index in [-0.39, 0.29) is 32.5 Å². The van der Waals surface area contributed by atoms with E-state index in [4.69, 9.17) is 69.2 Å². The van der Waals surface area contributed by atoms with Crippen LogP contribution < -0.4 is 22.1 Å². The molecule has 8 heteroatoms. The zero-order chi connectivity index (χ0) is 44.7. The molecule has 4 aromatic carbocycles. The maximum atomic E-state index is 6.15. The first-order valence-corrected chi connectivity index (χ1v) is 25.6. The van der Waals surface area contributed by atoms with Gasteiger partial charge >= 0.3 is 34.5 Å². The van der Waals surface area contributed by atoms with Gasteiger partial charge in [0.05, 0.1) is 5.25 Å². The van der Waals surface area contributed by atoms with E-state index in [1.54, 1.807) is 0 Å². The molecule has 0 aromatic heterocycles. The van der Waals surface area contributed by atoms with E-state index in [2.05, 4.69) is 130 Å². The van der Waals surface area contributed by atoms with Gasteiger partial charge in [0.1, 0.15) is 33.3 Å². The quantitative estimate of drug-likeness (QED) is 0.0759. The van der Waals surface area contributed by atoms with Gasteiger partial charge in [-0.1, -0.05) is 84.9 Å². The molecule has 0 saturated carbocycles. The van der Waals surface area contributed by atoms with E-state index in [1.807, 2.05) is 98.8 Å². The molecule has 0 radical (unpaired) electrons. The average Bonchev–Trinajstić information content (AvgIpc) is 3.28. The summed E-state index contributed by atoms with van der Waals surface area (Å²) in [5.74, 6) is 41.2. The van der Waals surface area contributed by atoms with Crippen LogP contribution in [0.2, 0.25) is 0 Å². The monoisotopic (exact) mass is 966 g/mol. The Hall–Kier alpha value is -6.07. The molecular formula is C53H36Cl2N2P2RuS+4. The Morgan fingerprint density at radius 1 is 0.492 bits per heavy atom. The number of aryl methyl sites for hydroxylation is 2. The van der Waals surface area contributed by atoms with Crippen molar-refractivity contribution >= 4 is 58.5 Å². The van der Waals surface area contributed by atoms with Gasteiger partial charge < -0.3 is 11.5 Å². The summed E-state index contributed by atoms with van der Waals surface area (Å²) in [7, 11) is 6.10. The van der Waals surface area contributed by atoms with Crippen LogP contribution in [0.25, 0.3) is 0 Å². The van der Waals surface area contributed by atoms with Gasteiger partial charge in [-0.05, 0) is 95.6 Å². The van der Waals surface area contributed by atoms with Crippen LogP contribution in [0.5, 0.6) is 0 Å². The second-order valence-electron chi connectivity index (χ2n) is 11.8. The fourth-order valence-electron chi connectivity index (χ4n) is 5.16. The minimum atomic E-state index is -1.80. The van der Waals surface area contributed by atoms with Crippen molar-refractivity contribution in [3.8, 4) is 143 Å². The van der Waals surface area contributed by atoms with Crippen molar-refractivity contribution in [3.05, 3.63) is 130 Å². The average molecular weight is 967 g/mol. The third kappa shape index (κ3) is 18.8. The number of halogens is 2.